The standard InChI is InChI=1S/C21H34N4O4/c1-4-6-10-16(18(26)19(27)24-17-11-14-22-25(17)3)23-20(28)29-15-21(5-2)12-8-7-9-13-21/h11,14,16H,4-10,12-13,15H2,1-3H3,(H,23,28)(H,24,27)/t16-/m0/s1. The van der Waals surface area contributed by atoms with Crippen LogP contribution in [-0.4, -0.2) is 40.2 Å². The van der Waals surface area contributed by atoms with E-state index in [2.05, 4.69) is 22.7 Å². The minimum absolute atomic E-state index is 0.0371. The molecule has 2 rings (SSSR count). The molecule has 1 atom stereocenters. The number of carbonyl (C=O) groups excluding carboxylic acids is 3. The first-order valence-electron chi connectivity index (χ1n) is 10.7. The van der Waals surface area contributed by atoms with Crippen molar-refractivity contribution in [2.24, 2.45) is 12.5 Å². The lowest BCUT2D eigenvalue weighted by atomic mass is 9.73. The number of hydrogen-bond acceptors (Lipinski definition) is 5. The fourth-order valence-electron chi connectivity index (χ4n) is 3.81. The molecular formula is C21H34N4O4. The number of rotatable bonds is 10. The Morgan fingerprint density at radius 2 is 1.97 bits per heavy atom. The Morgan fingerprint density at radius 1 is 1.24 bits per heavy atom. The van der Waals surface area contributed by atoms with Gasteiger partial charge in [-0.1, -0.05) is 46.0 Å². The van der Waals surface area contributed by atoms with Gasteiger partial charge in [0.1, 0.15) is 11.9 Å². The van der Waals surface area contributed by atoms with Crippen LogP contribution in [0.2, 0.25) is 0 Å². The molecule has 8 nitrogen and oxygen atoms in total. The van der Waals surface area contributed by atoms with Gasteiger partial charge in [-0.2, -0.15) is 5.10 Å². The van der Waals surface area contributed by atoms with Crippen molar-refractivity contribution >= 4 is 23.6 Å². The van der Waals surface area contributed by atoms with Crippen LogP contribution in [0.15, 0.2) is 12.3 Å². The summed E-state index contributed by atoms with van der Waals surface area (Å²) in [6, 6.07) is 0.696. The molecule has 1 aliphatic rings. The summed E-state index contributed by atoms with van der Waals surface area (Å²) in [5.74, 6) is -1.03. The average Bonchev–Trinajstić information content (AvgIpc) is 3.14. The normalized spacial score (nSPS) is 16.7. The summed E-state index contributed by atoms with van der Waals surface area (Å²) in [5, 5.41) is 9.11. The maximum atomic E-state index is 12.6. The van der Waals surface area contributed by atoms with Crippen molar-refractivity contribution in [3.8, 4) is 0 Å². The number of nitrogens with zero attached hydrogens (tertiary/aromatic N) is 2. The maximum absolute atomic E-state index is 12.6. The Balaban J connectivity index is 1.93. The highest BCUT2D eigenvalue weighted by Crippen LogP contribution is 2.39. The van der Waals surface area contributed by atoms with Crippen LogP contribution in [0.4, 0.5) is 10.6 Å². The van der Waals surface area contributed by atoms with Crippen LogP contribution in [0.25, 0.3) is 0 Å². The number of amides is 2. The molecule has 2 amide bonds. The first-order chi connectivity index (χ1) is 13.9. The first-order valence-corrected chi connectivity index (χ1v) is 10.7. The van der Waals surface area contributed by atoms with Crippen molar-refractivity contribution in [3.05, 3.63) is 12.3 Å². The highest BCUT2D eigenvalue weighted by molar-refractivity contribution is 6.42. The number of unbranched alkanes of at least 4 members (excludes halogenated alkanes) is 1. The number of nitrogens with one attached hydrogen (secondary N) is 2. The zero-order chi connectivity index (χ0) is 21.3. The predicted molar refractivity (Wildman–Crippen MR) is 110 cm³/mol. The number of anilines is 1. The summed E-state index contributed by atoms with van der Waals surface area (Å²) < 4.78 is 6.95. The van der Waals surface area contributed by atoms with Crippen LogP contribution < -0.4 is 10.6 Å². The van der Waals surface area contributed by atoms with Crippen molar-refractivity contribution in [2.75, 3.05) is 11.9 Å². The largest absolute Gasteiger partial charge is 0.449 e. The molecule has 0 aliphatic heterocycles. The van der Waals surface area contributed by atoms with Gasteiger partial charge in [-0.05, 0) is 25.7 Å². The van der Waals surface area contributed by atoms with Crippen LogP contribution in [0.3, 0.4) is 0 Å². The SMILES string of the molecule is CCCC[C@H](NC(=O)OCC1(CC)CCCCC1)C(=O)C(=O)Nc1ccnn1C. The second kappa shape index (κ2) is 11.0. The number of aromatic nitrogens is 2. The van der Waals surface area contributed by atoms with Crippen molar-refractivity contribution < 1.29 is 19.1 Å². The second-order valence-electron chi connectivity index (χ2n) is 7.99. The summed E-state index contributed by atoms with van der Waals surface area (Å²) in [6.07, 6.45) is 9.47. The van der Waals surface area contributed by atoms with Crippen molar-refractivity contribution in [1.82, 2.24) is 15.1 Å². The lowest BCUT2D eigenvalue weighted by molar-refractivity contribution is -0.136. The molecule has 0 spiro atoms. The van der Waals surface area contributed by atoms with Crippen LogP contribution in [0, 0.1) is 5.41 Å². The van der Waals surface area contributed by atoms with Crippen LogP contribution in [-0.2, 0) is 21.4 Å². The topological polar surface area (TPSA) is 102 Å². The van der Waals surface area contributed by atoms with E-state index in [1.807, 2.05) is 6.92 Å². The van der Waals surface area contributed by atoms with E-state index >= 15 is 0 Å². The van der Waals surface area contributed by atoms with Gasteiger partial charge in [0.25, 0.3) is 5.91 Å². The molecule has 162 valence electrons. The van der Waals surface area contributed by atoms with Gasteiger partial charge in [0.05, 0.1) is 12.8 Å². The predicted octanol–water partition coefficient (Wildman–Crippen LogP) is 3.57. The van der Waals surface area contributed by atoms with E-state index in [1.54, 1.807) is 13.1 Å². The van der Waals surface area contributed by atoms with Crippen LogP contribution in [0.1, 0.15) is 71.6 Å². The van der Waals surface area contributed by atoms with E-state index < -0.39 is 23.8 Å². The molecule has 0 aromatic carbocycles. The molecule has 1 heterocycles. The van der Waals surface area contributed by atoms with Crippen molar-refractivity contribution in [1.29, 1.82) is 0 Å². The van der Waals surface area contributed by atoms with Gasteiger partial charge in [0.15, 0.2) is 0 Å². The zero-order valence-electron chi connectivity index (χ0n) is 17.8. The van der Waals surface area contributed by atoms with Gasteiger partial charge in [-0.25, -0.2) is 4.79 Å². The van der Waals surface area contributed by atoms with Gasteiger partial charge in [-0.15, -0.1) is 0 Å². The molecule has 29 heavy (non-hydrogen) atoms. The quantitative estimate of drug-likeness (QED) is 0.578. The number of alkyl carbamates (subject to hydrolysis) is 1. The third-order valence-corrected chi connectivity index (χ3v) is 5.91. The Labute approximate surface area is 172 Å². The van der Waals surface area contributed by atoms with E-state index in [-0.39, 0.29) is 5.41 Å². The Kier molecular flexibility index (Phi) is 8.67. The number of ether oxygens (including phenoxy) is 1. The minimum Gasteiger partial charge on any atom is -0.449 e. The Hall–Kier alpha value is -2.38. The van der Waals surface area contributed by atoms with Gasteiger partial charge in [0, 0.05) is 18.5 Å². The second-order valence-corrected chi connectivity index (χ2v) is 7.99. The molecule has 1 aromatic heterocycles. The fraction of sp³-hybridized carbons (Fsp3) is 0.714. The summed E-state index contributed by atoms with van der Waals surface area (Å²) in [4.78, 5) is 37.4. The van der Waals surface area contributed by atoms with Gasteiger partial charge >= 0.3 is 6.09 Å². The van der Waals surface area contributed by atoms with Gasteiger partial charge in [0.2, 0.25) is 5.78 Å². The molecule has 1 aromatic rings. The van der Waals surface area contributed by atoms with Crippen LogP contribution in [0.5, 0.6) is 0 Å². The molecule has 0 saturated heterocycles. The Bertz CT molecular complexity index is 695. The number of carbonyl (C=O) groups is 3. The number of aryl methyl sites for hydroxylation is 1. The van der Waals surface area contributed by atoms with Crippen LogP contribution >= 0.6 is 0 Å². The third kappa shape index (κ3) is 6.58. The summed E-state index contributed by atoms with van der Waals surface area (Å²) in [7, 11) is 1.67. The average molecular weight is 407 g/mol. The molecule has 1 aliphatic carbocycles. The van der Waals surface area contributed by atoms with E-state index in [4.69, 9.17) is 4.74 Å². The van der Waals surface area contributed by atoms with E-state index in [9.17, 15) is 14.4 Å². The molecule has 0 bridgehead atoms. The monoisotopic (exact) mass is 406 g/mol. The minimum atomic E-state index is -0.903. The number of ketones is 1. The molecule has 1 saturated carbocycles. The van der Waals surface area contributed by atoms with Crippen molar-refractivity contribution in [3.63, 3.8) is 0 Å². The van der Waals surface area contributed by atoms with E-state index in [0.29, 0.717) is 25.3 Å². The summed E-state index contributed by atoms with van der Waals surface area (Å²) >= 11 is 0. The van der Waals surface area contributed by atoms with Crippen molar-refractivity contribution in [2.45, 2.75) is 77.7 Å². The maximum Gasteiger partial charge on any atom is 0.407 e. The first kappa shape index (κ1) is 22.9. The smallest absolute Gasteiger partial charge is 0.407 e. The molecule has 2 N–H and O–H groups in total. The molecule has 0 radical (unpaired) electrons. The number of Topliss-reactive ketones (excluding diaryl/α,β-unsaturated/α-hetero) is 1. The van der Waals surface area contributed by atoms with Gasteiger partial charge < -0.3 is 15.4 Å². The third-order valence-electron chi connectivity index (χ3n) is 5.91. The lowest BCUT2D eigenvalue weighted by Crippen LogP contribution is -2.46. The molecule has 1 fully saturated rings. The highest BCUT2D eigenvalue weighted by Gasteiger charge is 2.33. The van der Waals surface area contributed by atoms with Gasteiger partial charge in [-0.3, -0.25) is 14.3 Å². The van der Waals surface area contributed by atoms with E-state index in [1.165, 1.54) is 17.3 Å². The van der Waals surface area contributed by atoms with E-state index in [0.717, 1.165) is 38.5 Å². The number of hydrogen-bond donors (Lipinski definition) is 2. The molecule has 8 heteroatoms. The zero-order valence-corrected chi connectivity index (χ0v) is 17.8. The Morgan fingerprint density at radius 3 is 2.55 bits per heavy atom. The molecular weight excluding hydrogens is 372 g/mol. The lowest BCUT2D eigenvalue weighted by Gasteiger charge is -2.35. The highest BCUT2D eigenvalue weighted by atomic mass is 16.5. The molecule has 0 unspecified atom stereocenters. The fourth-order valence-corrected chi connectivity index (χ4v) is 3.81. The summed E-state index contributed by atoms with van der Waals surface area (Å²) in [5.41, 5.74) is 0.0371. The summed E-state index contributed by atoms with van der Waals surface area (Å²) in [6.45, 7) is 4.47.